The highest BCUT2D eigenvalue weighted by molar-refractivity contribution is 7.90. The summed E-state index contributed by atoms with van der Waals surface area (Å²) < 4.78 is 27.6. The van der Waals surface area contributed by atoms with Gasteiger partial charge < -0.3 is 5.11 Å². The SMILES string of the molecule is CC(O)C#CS(=O)(=O)O. The smallest absolute Gasteiger partial charge is 0.335 e. The van der Waals surface area contributed by atoms with Gasteiger partial charge in [0.25, 0.3) is 0 Å². The first-order valence-electron chi connectivity index (χ1n) is 2.09. The maximum atomic E-state index is 9.81. The normalized spacial score (nSPS) is 13.7. The number of aliphatic hydroxyl groups excluding tert-OH is 1. The van der Waals surface area contributed by atoms with Gasteiger partial charge in [-0.05, 0) is 6.92 Å². The van der Waals surface area contributed by atoms with Crippen molar-refractivity contribution in [1.82, 2.24) is 0 Å². The summed E-state index contributed by atoms with van der Waals surface area (Å²) in [6, 6.07) is 0. The van der Waals surface area contributed by atoms with Crippen molar-refractivity contribution in [3.05, 3.63) is 0 Å². The van der Waals surface area contributed by atoms with Crippen LogP contribution in [0.25, 0.3) is 0 Å². The van der Waals surface area contributed by atoms with Crippen LogP contribution in [0, 0.1) is 11.2 Å². The van der Waals surface area contributed by atoms with Crippen molar-refractivity contribution in [1.29, 1.82) is 0 Å². The van der Waals surface area contributed by atoms with Crippen molar-refractivity contribution in [3.8, 4) is 11.2 Å². The quantitative estimate of drug-likeness (QED) is 0.351. The van der Waals surface area contributed by atoms with Gasteiger partial charge in [-0.3, -0.25) is 4.55 Å². The van der Waals surface area contributed by atoms with E-state index in [2.05, 4.69) is 0 Å². The highest BCUT2D eigenvalue weighted by atomic mass is 32.2. The van der Waals surface area contributed by atoms with E-state index in [1.807, 2.05) is 5.92 Å². The molecule has 4 nitrogen and oxygen atoms in total. The summed E-state index contributed by atoms with van der Waals surface area (Å²) in [5.41, 5.74) is 0. The Kier molecular flexibility index (Phi) is 2.65. The molecule has 2 N–H and O–H groups in total. The van der Waals surface area contributed by atoms with Crippen molar-refractivity contribution >= 4 is 10.1 Å². The zero-order valence-corrected chi connectivity index (χ0v) is 5.51. The predicted molar refractivity (Wildman–Crippen MR) is 31.0 cm³/mol. The molecule has 0 radical (unpaired) electrons. The molecule has 1 unspecified atom stereocenters. The van der Waals surface area contributed by atoms with E-state index in [-0.39, 0.29) is 0 Å². The number of hydrogen-bond acceptors (Lipinski definition) is 3. The molecule has 0 fully saturated rings. The van der Waals surface area contributed by atoms with Crippen LogP contribution in [0.5, 0.6) is 0 Å². The van der Waals surface area contributed by atoms with Gasteiger partial charge in [0.05, 0.1) is 5.25 Å². The summed E-state index contributed by atoms with van der Waals surface area (Å²) in [6.45, 7) is 1.29. The van der Waals surface area contributed by atoms with Crippen LogP contribution >= 0.6 is 0 Å². The van der Waals surface area contributed by atoms with Gasteiger partial charge in [-0.1, -0.05) is 5.92 Å². The molecule has 0 rings (SSSR count). The molecular formula is C4H6O4S. The van der Waals surface area contributed by atoms with E-state index in [1.54, 1.807) is 0 Å². The third kappa shape index (κ3) is 7.43. The summed E-state index contributed by atoms with van der Waals surface area (Å²) in [6.07, 6.45) is -1.04. The van der Waals surface area contributed by atoms with Crippen molar-refractivity contribution < 1.29 is 18.1 Å². The van der Waals surface area contributed by atoms with Gasteiger partial charge in [0, 0.05) is 0 Å². The molecule has 0 aromatic heterocycles. The minimum absolute atomic E-state index is 1.04. The first-order chi connectivity index (χ1) is 3.92. The third-order valence-electron chi connectivity index (χ3n) is 0.397. The maximum absolute atomic E-state index is 9.81. The van der Waals surface area contributed by atoms with E-state index in [1.165, 1.54) is 12.2 Å². The number of rotatable bonds is 0. The highest BCUT2D eigenvalue weighted by Gasteiger charge is 1.94. The standard InChI is InChI=1S/C4H6O4S/c1-4(5)2-3-9(6,7)8/h4-5H,1H3,(H,6,7,8). The lowest BCUT2D eigenvalue weighted by atomic mass is 10.4. The van der Waals surface area contributed by atoms with Gasteiger partial charge in [-0.15, -0.1) is 0 Å². The molecule has 0 heterocycles. The van der Waals surface area contributed by atoms with Crippen LogP contribution in [0.15, 0.2) is 0 Å². The van der Waals surface area contributed by atoms with E-state index < -0.39 is 16.2 Å². The van der Waals surface area contributed by atoms with Gasteiger partial charge in [0.2, 0.25) is 0 Å². The first-order valence-corrected chi connectivity index (χ1v) is 3.53. The fraction of sp³-hybridized carbons (Fsp3) is 0.500. The second-order valence-electron chi connectivity index (χ2n) is 1.40. The molecule has 5 heteroatoms. The molecule has 0 aromatic rings. The van der Waals surface area contributed by atoms with Crippen LogP contribution in [0.3, 0.4) is 0 Å². The molecule has 0 spiro atoms. The zero-order valence-electron chi connectivity index (χ0n) is 4.70. The fourth-order valence-corrected chi connectivity index (χ4v) is 0.479. The molecule has 0 bridgehead atoms. The summed E-state index contributed by atoms with van der Waals surface area (Å²) in [7, 11) is -4.24. The summed E-state index contributed by atoms with van der Waals surface area (Å²) >= 11 is 0. The summed E-state index contributed by atoms with van der Waals surface area (Å²) in [5.74, 6) is 1.85. The Balaban J connectivity index is 4.23. The summed E-state index contributed by atoms with van der Waals surface area (Å²) in [5, 5.41) is 9.82. The minimum atomic E-state index is -4.24. The Hall–Kier alpha value is -0.570. The Morgan fingerprint density at radius 1 is 1.56 bits per heavy atom. The van der Waals surface area contributed by atoms with E-state index in [0.717, 1.165) is 0 Å². The van der Waals surface area contributed by atoms with Crippen molar-refractivity contribution in [2.24, 2.45) is 0 Å². The van der Waals surface area contributed by atoms with Crippen LogP contribution in [-0.2, 0) is 10.1 Å². The number of aliphatic hydroxyl groups is 1. The van der Waals surface area contributed by atoms with E-state index in [4.69, 9.17) is 9.66 Å². The fourth-order valence-electron chi connectivity index (χ4n) is 0.160. The minimum Gasteiger partial charge on any atom is -0.381 e. The molecule has 9 heavy (non-hydrogen) atoms. The molecule has 0 saturated heterocycles. The molecule has 0 aliphatic carbocycles. The predicted octanol–water partition coefficient (Wildman–Crippen LogP) is -0.784. The van der Waals surface area contributed by atoms with Crippen LogP contribution in [0.4, 0.5) is 0 Å². The second kappa shape index (κ2) is 2.82. The van der Waals surface area contributed by atoms with Gasteiger partial charge in [-0.25, -0.2) is 0 Å². The van der Waals surface area contributed by atoms with Crippen molar-refractivity contribution in [3.63, 3.8) is 0 Å². The summed E-state index contributed by atoms with van der Waals surface area (Å²) in [4.78, 5) is 0. The monoisotopic (exact) mass is 150 g/mol. The first kappa shape index (κ1) is 8.43. The van der Waals surface area contributed by atoms with E-state index in [0.29, 0.717) is 0 Å². The van der Waals surface area contributed by atoms with Crippen LogP contribution < -0.4 is 0 Å². The van der Waals surface area contributed by atoms with Crippen molar-refractivity contribution in [2.75, 3.05) is 0 Å². The van der Waals surface area contributed by atoms with Crippen LogP contribution in [-0.4, -0.2) is 24.2 Å². The maximum Gasteiger partial charge on any atom is 0.335 e. The highest BCUT2D eigenvalue weighted by Crippen LogP contribution is 1.77. The van der Waals surface area contributed by atoms with E-state index in [9.17, 15) is 8.42 Å². The molecule has 0 aromatic carbocycles. The second-order valence-corrected chi connectivity index (χ2v) is 2.55. The Morgan fingerprint density at radius 3 is 2.11 bits per heavy atom. The topological polar surface area (TPSA) is 74.6 Å². The van der Waals surface area contributed by atoms with Crippen molar-refractivity contribution in [2.45, 2.75) is 13.0 Å². The molecule has 1 atom stereocenters. The lowest BCUT2D eigenvalue weighted by Crippen LogP contribution is -1.96. The molecule has 0 aliphatic heterocycles. The number of hydrogen-bond donors (Lipinski definition) is 2. The Morgan fingerprint density at radius 2 is 2.00 bits per heavy atom. The molecule has 0 aliphatic rings. The molecule has 0 saturated carbocycles. The molecule has 0 amide bonds. The largest absolute Gasteiger partial charge is 0.381 e. The van der Waals surface area contributed by atoms with Crippen LogP contribution in [0.2, 0.25) is 0 Å². The average Bonchev–Trinajstić information content (AvgIpc) is 1.59. The molecule has 52 valence electrons. The zero-order chi connectivity index (χ0) is 7.49. The Labute approximate surface area is 53.3 Å². The lowest BCUT2D eigenvalue weighted by molar-refractivity contribution is 0.253. The van der Waals surface area contributed by atoms with E-state index >= 15 is 0 Å². The van der Waals surface area contributed by atoms with Gasteiger partial charge in [0.15, 0.2) is 0 Å². The van der Waals surface area contributed by atoms with Crippen LogP contribution in [0.1, 0.15) is 6.92 Å². The third-order valence-corrected chi connectivity index (χ3v) is 0.773. The lowest BCUT2D eigenvalue weighted by Gasteiger charge is -1.84. The van der Waals surface area contributed by atoms with Gasteiger partial charge in [-0.2, -0.15) is 8.42 Å². The molecular weight excluding hydrogens is 144 g/mol. The average molecular weight is 150 g/mol. The Bertz CT molecular complexity index is 227. The van der Waals surface area contributed by atoms with Gasteiger partial charge in [0.1, 0.15) is 6.10 Å². The van der Waals surface area contributed by atoms with Gasteiger partial charge >= 0.3 is 10.1 Å².